The third kappa shape index (κ3) is 4.35. The van der Waals surface area contributed by atoms with Crippen LogP contribution in [-0.2, 0) is 6.18 Å². The molecule has 0 radical (unpaired) electrons. The van der Waals surface area contributed by atoms with Gasteiger partial charge in [0.15, 0.2) is 11.4 Å². The Balaban J connectivity index is 1.98. The molecule has 3 rings (SSSR count). The maximum Gasteiger partial charge on any atom is 0.435 e. The second-order valence-corrected chi connectivity index (χ2v) is 6.66. The number of anilines is 1. The van der Waals surface area contributed by atoms with Gasteiger partial charge in [-0.05, 0) is 12.1 Å². The number of aromatic nitrogens is 1. The quantitative estimate of drug-likeness (QED) is 0.460. The molecule has 0 atom stereocenters. The van der Waals surface area contributed by atoms with Gasteiger partial charge in [-0.25, -0.2) is 4.98 Å². The smallest absolute Gasteiger partial charge is 0.435 e. The molecule has 0 fully saturated rings. The highest BCUT2D eigenvalue weighted by Crippen LogP contribution is 2.38. The van der Waals surface area contributed by atoms with E-state index in [1.807, 2.05) is 0 Å². The van der Waals surface area contributed by atoms with E-state index < -0.39 is 33.3 Å². The van der Waals surface area contributed by atoms with Gasteiger partial charge in [0.1, 0.15) is 9.88 Å². The first-order chi connectivity index (χ1) is 13.7. The summed E-state index contributed by atoms with van der Waals surface area (Å²) >= 11 is 0.583. The van der Waals surface area contributed by atoms with Gasteiger partial charge in [0.05, 0.1) is 12.0 Å². The number of carbonyl (C=O) groups excluding carboxylic acids is 1. The molecular weight excluding hydrogens is 411 g/mol. The normalized spacial score (nSPS) is 11.2. The molecule has 29 heavy (non-hydrogen) atoms. The minimum absolute atomic E-state index is 0.0313. The number of nitro benzene ring substituents is 1. The standard InChI is InChI=1S/C18H12F3N3O4S/c1-28-13-8-7-11(9-12(13)24(26)27)22-16(25)14-15(18(19,20)21)23-17(29-14)10-5-3-2-4-6-10/h2-9H,1H3,(H,22,25). The molecule has 150 valence electrons. The van der Waals surface area contributed by atoms with E-state index in [2.05, 4.69) is 10.3 Å². The summed E-state index contributed by atoms with van der Waals surface area (Å²) in [4.78, 5) is 25.8. The van der Waals surface area contributed by atoms with Gasteiger partial charge >= 0.3 is 11.9 Å². The van der Waals surface area contributed by atoms with E-state index in [0.717, 1.165) is 6.07 Å². The van der Waals surface area contributed by atoms with E-state index >= 15 is 0 Å². The number of nitro groups is 1. The molecule has 0 unspecified atom stereocenters. The fourth-order valence-electron chi connectivity index (χ4n) is 2.47. The lowest BCUT2D eigenvalue weighted by Gasteiger charge is -2.08. The largest absolute Gasteiger partial charge is 0.490 e. The molecule has 0 saturated carbocycles. The topological polar surface area (TPSA) is 94.4 Å². The van der Waals surface area contributed by atoms with E-state index in [4.69, 9.17) is 4.74 Å². The van der Waals surface area contributed by atoms with Crippen molar-refractivity contribution in [2.45, 2.75) is 6.18 Å². The summed E-state index contributed by atoms with van der Waals surface area (Å²) in [6.07, 6.45) is -4.85. The monoisotopic (exact) mass is 423 g/mol. The number of ether oxygens (including phenoxy) is 1. The number of benzene rings is 2. The lowest BCUT2D eigenvalue weighted by atomic mass is 10.2. The molecule has 0 saturated heterocycles. The molecule has 0 aliphatic rings. The van der Waals surface area contributed by atoms with Gasteiger partial charge < -0.3 is 10.1 Å². The molecule has 3 aromatic rings. The lowest BCUT2D eigenvalue weighted by Crippen LogP contribution is -2.17. The van der Waals surface area contributed by atoms with Crippen LogP contribution in [0.25, 0.3) is 10.6 Å². The summed E-state index contributed by atoms with van der Waals surface area (Å²) in [6, 6.07) is 11.7. The number of amides is 1. The molecule has 11 heteroatoms. The number of hydrogen-bond donors (Lipinski definition) is 1. The number of rotatable bonds is 5. The zero-order valence-corrected chi connectivity index (χ0v) is 15.5. The van der Waals surface area contributed by atoms with Crippen LogP contribution < -0.4 is 10.1 Å². The van der Waals surface area contributed by atoms with Crippen molar-refractivity contribution in [2.75, 3.05) is 12.4 Å². The van der Waals surface area contributed by atoms with Crippen LogP contribution in [0.3, 0.4) is 0 Å². The highest BCUT2D eigenvalue weighted by Gasteiger charge is 2.39. The minimum atomic E-state index is -4.85. The number of hydrogen-bond acceptors (Lipinski definition) is 6. The second kappa shape index (κ2) is 7.87. The van der Waals surface area contributed by atoms with Crippen LogP contribution in [0.2, 0.25) is 0 Å². The van der Waals surface area contributed by atoms with Gasteiger partial charge in [-0.2, -0.15) is 13.2 Å². The third-order valence-electron chi connectivity index (χ3n) is 3.76. The van der Waals surface area contributed by atoms with E-state index in [1.165, 1.54) is 19.2 Å². The van der Waals surface area contributed by atoms with Gasteiger partial charge in [0.25, 0.3) is 5.91 Å². The Morgan fingerprint density at radius 3 is 2.48 bits per heavy atom. The first-order valence-electron chi connectivity index (χ1n) is 7.98. The van der Waals surface area contributed by atoms with Crippen molar-refractivity contribution in [3.8, 4) is 16.3 Å². The summed E-state index contributed by atoms with van der Waals surface area (Å²) in [5.74, 6) is -1.12. The summed E-state index contributed by atoms with van der Waals surface area (Å²) in [5, 5.41) is 13.4. The second-order valence-electron chi connectivity index (χ2n) is 5.66. The van der Waals surface area contributed by atoms with Crippen molar-refractivity contribution < 1.29 is 27.6 Å². The Labute approximate surface area is 165 Å². The minimum Gasteiger partial charge on any atom is -0.490 e. The van der Waals surface area contributed by atoms with Gasteiger partial charge in [-0.3, -0.25) is 14.9 Å². The molecule has 0 aliphatic heterocycles. The Hall–Kier alpha value is -3.47. The number of halogens is 3. The van der Waals surface area contributed by atoms with E-state index in [-0.39, 0.29) is 16.4 Å². The first kappa shape index (κ1) is 20.3. The number of carbonyl (C=O) groups is 1. The molecule has 0 aliphatic carbocycles. The van der Waals surface area contributed by atoms with Gasteiger partial charge in [-0.15, -0.1) is 11.3 Å². The lowest BCUT2D eigenvalue weighted by molar-refractivity contribution is -0.385. The number of nitrogens with zero attached hydrogens (tertiary/aromatic N) is 2. The van der Waals surface area contributed by atoms with Crippen molar-refractivity contribution >= 4 is 28.6 Å². The molecule has 0 spiro atoms. The summed E-state index contributed by atoms with van der Waals surface area (Å²) < 4.78 is 45.1. The molecule has 1 N–H and O–H groups in total. The predicted molar refractivity (Wildman–Crippen MR) is 100 cm³/mol. The Bertz CT molecular complexity index is 1070. The van der Waals surface area contributed by atoms with Crippen LogP contribution in [0.4, 0.5) is 24.5 Å². The highest BCUT2D eigenvalue weighted by molar-refractivity contribution is 7.17. The third-order valence-corrected chi connectivity index (χ3v) is 4.86. The molecule has 1 heterocycles. The van der Waals surface area contributed by atoms with Gasteiger partial charge in [-0.1, -0.05) is 30.3 Å². The van der Waals surface area contributed by atoms with E-state index in [9.17, 15) is 28.1 Å². The van der Waals surface area contributed by atoms with Crippen LogP contribution in [0.1, 0.15) is 15.4 Å². The van der Waals surface area contributed by atoms with Crippen LogP contribution in [0.15, 0.2) is 48.5 Å². The average molecular weight is 423 g/mol. The number of nitrogens with one attached hydrogen (secondary N) is 1. The number of thiazole rings is 1. The van der Waals surface area contributed by atoms with E-state index in [0.29, 0.717) is 16.9 Å². The van der Waals surface area contributed by atoms with Crippen LogP contribution in [-0.4, -0.2) is 22.9 Å². The van der Waals surface area contributed by atoms with E-state index in [1.54, 1.807) is 30.3 Å². The fourth-order valence-corrected chi connectivity index (χ4v) is 3.45. The molecular formula is C18H12F3N3O4S. The van der Waals surface area contributed by atoms with Crippen LogP contribution >= 0.6 is 11.3 Å². The van der Waals surface area contributed by atoms with Crippen LogP contribution in [0, 0.1) is 10.1 Å². The molecule has 2 aromatic carbocycles. The Kier molecular flexibility index (Phi) is 5.50. The van der Waals surface area contributed by atoms with Crippen molar-refractivity contribution in [1.29, 1.82) is 0 Å². The molecule has 1 amide bonds. The maximum atomic E-state index is 13.4. The predicted octanol–water partition coefficient (Wildman–Crippen LogP) is 5.00. The number of methoxy groups -OCH3 is 1. The Morgan fingerprint density at radius 1 is 1.21 bits per heavy atom. The summed E-state index contributed by atoms with van der Waals surface area (Å²) in [6.45, 7) is 0. The van der Waals surface area contributed by atoms with Crippen LogP contribution in [0.5, 0.6) is 5.75 Å². The molecule has 1 aromatic heterocycles. The van der Waals surface area contributed by atoms with Gasteiger partial charge in [0.2, 0.25) is 0 Å². The zero-order chi connectivity index (χ0) is 21.2. The number of alkyl halides is 3. The Morgan fingerprint density at radius 2 is 1.90 bits per heavy atom. The molecule has 7 nitrogen and oxygen atoms in total. The van der Waals surface area contributed by atoms with Crippen molar-refractivity contribution in [3.05, 3.63) is 69.2 Å². The maximum absolute atomic E-state index is 13.4. The van der Waals surface area contributed by atoms with Gasteiger partial charge in [0, 0.05) is 17.3 Å². The summed E-state index contributed by atoms with van der Waals surface area (Å²) in [5.41, 5.74) is -1.37. The zero-order valence-electron chi connectivity index (χ0n) is 14.7. The highest BCUT2D eigenvalue weighted by atomic mass is 32.1. The van der Waals surface area contributed by atoms with Crippen molar-refractivity contribution in [2.24, 2.45) is 0 Å². The summed E-state index contributed by atoms with van der Waals surface area (Å²) in [7, 11) is 1.23. The van der Waals surface area contributed by atoms with Crippen molar-refractivity contribution in [3.63, 3.8) is 0 Å². The fraction of sp³-hybridized carbons (Fsp3) is 0.111. The first-order valence-corrected chi connectivity index (χ1v) is 8.79. The molecule has 0 bridgehead atoms. The van der Waals surface area contributed by atoms with Crippen molar-refractivity contribution in [1.82, 2.24) is 4.98 Å². The average Bonchev–Trinajstić information content (AvgIpc) is 3.15. The SMILES string of the molecule is COc1ccc(NC(=O)c2sc(-c3ccccc3)nc2C(F)(F)F)cc1[N+](=O)[O-].